The van der Waals surface area contributed by atoms with E-state index < -0.39 is 0 Å². The average molecular weight is 531 g/mol. The van der Waals surface area contributed by atoms with Crippen molar-refractivity contribution in [3.8, 4) is 11.1 Å². The van der Waals surface area contributed by atoms with Gasteiger partial charge in [-0.1, -0.05) is 23.7 Å². The molecule has 1 aliphatic rings. The van der Waals surface area contributed by atoms with E-state index in [1.54, 1.807) is 24.2 Å². The van der Waals surface area contributed by atoms with Crippen molar-refractivity contribution in [2.75, 3.05) is 19.0 Å². The molecule has 0 spiro atoms. The number of nitrogens with one attached hydrogen (secondary N) is 1. The molecule has 0 radical (unpaired) electrons. The van der Waals surface area contributed by atoms with Gasteiger partial charge in [0.15, 0.2) is 0 Å². The molecule has 4 aromatic heterocycles. The standard InChI is InChI=1S/C27H27ClN8O2/c1-33-23-6-4-5-17(21(23)11-31-33)14-36-19(16-38-3)15-35-13-18(9-24(35)27(36)37)20-10-25(29-12-22(20)28)32-26-7-8-30-34(26)2/h4-13,19H,14-16H2,1-3H3,(H,29,32)/t19-/m1/s1. The highest BCUT2D eigenvalue weighted by Crippen LogP contribution is 2.34. The number of halogens is 1. The van der Waals surface area contributed by atoms with Crippen LogP contribution >= 0.6 is 11.6 Å². The van der Waals surface area contributed by atoms with Gasteiger partial charge in [-0.3, -0.25) is 14.2 Å². The molecule has 194 valence electrons. The highest BCUT2D eigenvalue weighted by Gasteiger charge is 2.33. The second-order valence-corrected chi connectivity index (χ2v) is 9.85. The number of hydrogen-bond acceptors (Lipinski definition) is 6. The molecule has 0 unspecified atom stereocenters. The molecular formula is C27H27ClN8O2. The summed E-state index contributed by atoms with van der Waals surface area (Å²) in [6.07, 6.45) is 7.16. The van der Waals surface area contributed by atoms with Gasteiger partial charge >= 0.3 is 0 Å². The fraction of sp³-hybridized carbons (Fsp3) is 0.259. The number of carbonyl (C=O) groups is 1. The first-order valence-electron chi connectivity index (χ1n) is 12.2. The molecule has 1 aliphatic heterocycles. The minimum Gasteiger partial charge on any atom is -0.382 e. The van der Waals surface area contributed by atoms with Crippen molar-refractivity contribution in [2.45, 2.75) is 19.1 Å². The normalized spacial score (nSPS) is 15.3. The maximum Gasteiger partial charge on any atom is 0.271 e. The molecule has 0 fully saturated rings. The molecule has 0 saturated carbocycles. The van der Waals surface area contributed by atoms with Crippen LogP contribution in [0, 0.1) is 0 Å². The number of ether oxygens (including phenoxy) is 1. The summed E-state index contributed by atoms with van der Waals surface area (Å²) < 4.78 is 11.1. The summed E-state index contributed by atoms with van der Waals surface area (Å²) in [6.45, 7) is 1.50. The summed E-state index contributed by atoms with van der Waals surface area (Å²) in [6, 6.07) is 11.6. The van der Waals surface area contributed by atoms with Gasteiger partial charge in [0.2, 0.25) is 0 Å². The van der Waals surface area contributed by atoms with E-state index in [0.29, 0.717) is 36.2 Å². The Bertz CT molecular complexity index is 1650. The van der Waals surface area contributed by atoms with Gasteiger partial charge in [0, 0.05) is 69.3 Å². The molecule has 6 rings (SSSR count). The van der Waals surface area contributed by atoms with E-state index in [4.69, 9.17) is 16.3 Å². The Hall–Kier alpha value is -4.15. The predicted molar refractivity (Wildman–Crippen MR) is 145 cm³/mol. The number of aromatic nitrogens is 6. The summed E-state index contributed by atoms with van der Waals surface area (Å²) >= 11 is 6.58. The Labute approximate surface area is 224 Å². The maximum atomic E-state index is 13.9. The van der Waals surface area contributed by atoms with Gasteiger partial charge in [-0.25, -0.2) is 4.98 Å². The van der Waals surface area contributed by atoms with Crippen LogP contribution in [0.1, 0.15) is 16.1 Å². The van der Waals surface area contributed by atoms with Gasteiger partial charge in [0.05, 0.1) is 35.6 Å². The van der Waals surface area contributed by atoms with E-state index in [1.807, 2.05) is 77.0 Å². The number of hydrogen-bond donors (Lipinski definition) is 1. The Morgan fingerprint density at radius 1 is 1.13 bits per heavy atom. The van der Waals surface area contributed by atoms with Crippen LogP contribution in [0.25, 0.3) is 22.0 Å². The van der Waals surface area contributed by atoms with E-state index in [2.05, 4.69) is 20.5 Å². The highest BCUT2D eigenvalue weighted by atomic mass is 35.5. The van der Waals surface area contributed by atoms with Crippen molar-refractivity contribution in [3.63, 3.8) is 0 Å². The third-order valence-electron chi connectivity index (χ3n) is 7.05. The van der Waals surface area contributed by atoms with Crippen molar-refractivity contribution in [1.82, 2.24) is 34.0 Å². The number of aryl methyl sites for hydroxylation is 2. The maximum absolute atomic E-state index is 13.9. The van der Waals surface area contributed by atoms with E-state index in [9.17, 15) is 4.79 Å². The third kappa shape index (κ3) is 4.21. The molecule has 1 N–H and O–H groups in total. The molecule has 1 atom stereocenters. The summed E-state index contributed by atoms with van der Waals surface area (Å²) in [5, 5.41) is 13.4. The van der Waals surface area contributed by atoms with E-state index in [0.717, 1.165) is 33.4 Å². The van der Waals surface area contributed by atoms with Crippen molar-refractivity contribution >= 4 is 40.0 Å². The number of benzene rings is 1. The predicted octanol–water partition coefficient (Wildman–Crippen LogP) is 4.24. The van der Waals surface area contributed by atoms with E-state index >= 15 is 0 Å². The Morgan fingerprint density at radius 2 is 2.00 bits per heavy atom. The molecule has 5 aromatic rings. The SMILES string of the molecule is COC[C@H]1Cn2cc(-c3cc(Nc4ccnn4C)ncc3Cl)cc2C(=O)N1Cc1cccc2c1cnn2C. The molecule has 1 aromatic carbocycles. The lowest BCUT2D eigenvalue weighted by molar-refractivity contribution is 0.0390. The van der Waals surface area contributed by atoms with Gasteiger partial charge < -0.3 is 19.5 Å². The molecular weight excluding hydrogens is 504 g/mol. The van der Waals surface area contributed by atoms with Crippen LogP contribution in [0.5, 0.6) is 0 Å². The molecule has 5 heterocycles. The van der Waals surface area contributed by atoms with Crippen LogP contribution in [0.3, 0.4) is 0 Å². The van der Waals surface area contributed by atoms with Crippen molar-refractivity contribution < 1.29 is 9.53 Å². The van der Waals surface area contributed by atoms with Gasteiger partial charge in [0.1, 0.15) is 17.3 Å². The summed E-state index contributed by atoms with van der Waals surface area (Å²) in [5.41, 5.74) is 4.33. The zero-order chi connectivity index (χ0) is 26.4. The fourth-order valence-electron chi connectivity index (χ4n) is 5.08. The number of carbonyl (C=O) groups excluding carboxylic acids is 1. The summed E-state index contributed by atoms with van der Waals surface area (Å²) in [7, 11) is 5.43. The number of anilines is 2. The zero-order valence-electron chi connectivity index (χ0n) is 21.3. The minimum absolute atomic E-state index is 0.0520. The lowest BCUT2D eigenvalue weighted by Crippen LogP contribution is -2.49. The van der Waals surface area contributed by atoms with Crippen LogP contribution in [0.15, 0.2) is 61.2 Å². The molecule has 11 heteroatoms. The highest BCUT2D eigenvalue weighted by molar-refractivity contribution is 6.33. The van der Waals surface area contributed by atoms with Gasteiger partial charge in [0.25, 0.3) is 5.91 Å². The molecule has 38 heavy (non-hydrogen) atoms. The van der Waals surface area contributed by atoms with Gasteiger partial charge in [-0.05, 0) is 23.8 Å². The molecule has 0 saturated heterocycles. The topological polar surface area (TPSA) is 95.0 Å². The summed E-state index contributed by atoms with van der Waals surface area (Å²) in [5.74, 6) is 1.38. The quantitative estimate of drug-likeness (QED) is 0.338. The van der Waals surface area contributed by atoms with Crippen molar-refractivity contribution in [1.29, 1.82) is 0 Å². The first-order chi connectivity index (χ1) is 18.4. The lowest BCUT2D eigenvalue weighted by atomic mass is 10.1. The molecule has 10 nitrogen and oxygen atoms in total. The number of amides is 1. The first kappa shape index (κ1) is 24.2. The Kier molecular flexibility index (Phi) is 6.13. The molecule has 0 bridgehead atoms. The zero-order valence-corrected chi connectivity index (χ0v) is 22.1. The number of rotatable bonds is 7. The second kappa shape index (κ2) is 9.62. The Morgan fingerprint density at radius 3 is 2.79 bits per heavy atom. The number of nitrogens with zero attached hydrogens (tertiary/aromatic N) is 7. The number of pyridine rings is 1. The number of methoxy groups -OCH3 is 1. The Balaban J connectivity index is 1.33. The monoisotopic (exact) mass is 530 g/mol. The largest absolute Gasteiger partial charge is 0.382 e. The summed E-state index contributed by atoms with van der Waals surface area (Å²) in [4.78, 5) is 20.2. The van der Waals surface area contributed by atoms with E-state index in [-0.39, 0.29) is 11.9 Å². The molecule has 1 amide bonds. The average Bonchev–Trinajstić information content (AvgIpc) is 3.62. The smallest absolute Gasteiger partial charge is 0.271 e. The van der Waals surface area contributed by atoms with Gasteiger partial charge in [-0.15, -0.1) is 0 Å². The second-order valence-electron chi connectivity index (χ2n) is 9.44. The lowest BCUT2D eigenvalue weighted by Gasteiger charge is -2.36. The minimum atomic E-state index is -0.123. The van der Waals surface area contributed by atoms with Crippen LogP contribution in [-0.4, -0.2) is 59.7 Å². The van der Waals surface area contributed by atoms with Crippen LogP contribution in [0.4, 0.5) is 11.6 Å². The fourth-order valence-corrected chi connectivity index (χ4v) is 5.29. The number of fused-ring (bicyclic) bond motifs is 2. The van der Waals surface area contributed by atoms with Crippen LogP contribution in [-0.2, 0) is 31.9 Å². The van der Waals surface area contributed by atoms with Crippen molar-refractivity contribution in [2.24, 2.45) is 14.1 Å². The van der Waals surface area contributed by atoms with Crippen LogP contribution < -0.4 is 5.32 Å². The van der Waals surface area contributed by atoms with Crippen molar-refractivity contribution in [3.05, 3.63) is 77.5 Å². The third-order valence-corrected chi connectivity index (χ3v) is 7.35. The molecule has 0 aliphatic carbocycles. The first-order valence-corrected chi connectivity index (χ1v) is 12.6. The van der Waals surface area contributed by atoms with Gasteiger partial charge in [-0.2, -0.15) is 10.2 Å². The van der Waals surface area contributed by atoms with Crippen LogP contribution in [0.2, 0.25) is 5.02 Å². The van der Waals surface area contributed by atoms with E-state index in [1.165, 1.54) is 0 Å².